The summed E-state index contributed by atoms with van der Waals surface area (Å²) in [5.74, 6) is 0.748. The van der Waals surface area contributed by atoms with E-state index in [0.29, 0.717) is 17.3 Å². The van der Waals surface area contributed by atoms with E-state index in [1.165, 1.54) is 11.8 Å². The summed E-state index contributed by atoms with van der Waals surface area (Å²) in [6.45, 7) is 3.95. The van der Waals surface area contributed by atoms with Gasteiger partial charge in [-0.05, 0) is 18.9 Å². The number of carbonyl (C=O) groups is 1. The van der Waals surface area contributed by atoms with Crippen LogP contribution in [-0.2, 0) is 4.79 Å². The van der Waals surface area contributed by atoms with Crippen LogP contribution >= 0.6 is 11.8 Å². The quantitative estimate of drug-likeness (QED) is 0.552. The highest BCUT2D eigenvalue weighted by Crippen LogP contribution is 2.12. The van der Waals surface area contributed by atoms with Gasteiger partial charge in [-0.15, -0.1) is 0 Å². The minimum absolute atomic E-state index is 0.265. The molecule has 0 spiro atoms. The molecule has 4 heteroatoms. The second-order valence-electron chi connectivity index (χ2n) is 3.12. The SMILES string of the molecule is CCCC(=O)CSc1ncc(C)cn1. The molecule has 76 valence electrons. The van der Waals surface area contributed by atoms with E-state index < -0.39 is 0 Å². The van der Waals surface area contributed by atoms with Crippen molar-refractivity contribution in [1.82, 2.24) is 9.97 Å². The Morgan fingerprint density at radius 3 is 2.64 bits per heavy atom. The molecule has 0 N–H and O–H groups in total. The second-order valence-corrected chi connectivity index (χ2v) is 4.06. The van der Waals surface area contributed by atoms with Gasteiger partial charge in [0.1, 0.15) is 5.78 Å². The average Bonchev–Trinajstić information content (AvgIpc) is 2.17. The first-order valence-corrected chi connectivity index (χ1v) is 5.64. The molecule has 1 heterocycles. The van der Waals surface area contributed by atoms with Crippen LogP contribution in [0.5, 0.6) is 0 Å². The van der Waals surface area contributed by atoms with E-state index in [-0.39, 0.29) is 5.78 Å². The van der Waals surface area contributed by atoms with E-state index >= 15 is 0 Å². The van der Waals surface area contributed by atoms with Crippen LogP contribution in [0, 0.1) is 6.92 Å². The van der Waals surface area contributed by atoms with Gasteiger partial charge in [-0.3, -0.25) is 4.79 Å². The van der Waals surface area contributed by atoms with Crippen molar-refractivity contribution in [2.45, 2.75) is 31.8 Å². The van der Waals surface area contributed by atoms with Gasteiger partial charge in [-0.1, -0.05) is 18.7 Å². The van der Waals surface area contributed by atoms with E-state index in [1.54, 1.807) is 12.4 Å². The van der Waals surface area contributed by atoms with Gasteiger partial charge < -0.3 is 0 Å². The van der Waals surface area contributed by atoms with Crippen molar-refractivity contribution in [2.75, 3.05) is 5.75 Å². The third-order valence-electron chi connectivity index (χ3n) is 1.65. The standard InChI is InChI=1S/C10H14N2OS/c1-3-4-9(13)7-14-10-11-5-8(2)6-12-10/h5-6H,3-4,7H2,1-2H3. The molecule has 1 aromatic heterocycles. The van der Waals surface area contributed by atoms with Gasteiger partial charge in [-0.2, -0.15) is 0 Å². The van der Waals surface area contributed by atoms with Crippen molar-refractivity contribution in [2.24, 2.45) is 0 Å². The van der Waals surface area contributed by atoms with Crippen LogP contribution in [0.25, 0.3) is 0 Å². The monoisotopic (exact) mass is 210 g/mol. The smallest absolute Gasteiger partial charge is 0.187 e. The van der Waals surface area contributed by atoms with E-state index in [1.807, 2.05) is 13.8 Å². The zero-order valence-corrected chi connectivity index (χ0v) is 9.30. The van der Waals surface area contributed by atoms with Crippen molar-refractivity contribution in [1.29, 1.82) is 0 Å². The van der Waals surface area contributed by atoms with Crippen LogP contribution in [0.15, 0.2) is 17.6 Å². The predicted octanol–water partition coefficient (Wildman–Crippen LogP) is 2.25. The highest BCUT2D eigenvalue weighted by atomic mass is 32.2. The molecular formula is C10H14N2OS. The van der Waals surface area contributed by atoms with Crippen LogP contribution < -0.4 is 0 Å². The molecule has 0 aromatic carbocycles. The minimum atomic E-state index is 0.265. The Kier molecular flexibility index (Phi) is 4.59. The lowest BCUT2D eigenvalue weighted by molar-refractivity contribution is -0.116. The summed E-state index contributed by atoms with van der Waals surface area (Å²) in [5.41, 5.74) is 1.04. The Hall–Kier alpha value is -0.900. The number of carbonyl (C=O) groups excluding carboxylic acids is 1. The summed E-state index contributed by atoms with van der Waals surface area (Å²) >= 11 is 1.41. The molecule has 3 nitrogen and oxygen atoms in total. The van der Waals surface area contributed by atoms with E-state index in [2.05, 4.69) is 9.97 Å². The molecule has 0 aliphatic carbocycles. The largest absolute Gasteiger partial charge is 0.299 e. The van der Waals surface area contributed by atoms with Crippen LogP contribution in [0.4, 0.5) is 0 Å². The molecule has 0 aliphatic heterocycles. The molecule has 0 aliphatic rings. The lowest BCUT2D eigenvalue weighted by Crippen LogP contribution is -2.01. The number of thioether (sulfide) groups is 1. The first-order valence-electron chi connectivity index (χ1n) is 4.65. The lowest BCUT2D eigenvalue weighted by Gasteiger charge is -1.98. The third kappa shape index (κ3) is 3.87. The Bertz CT molecular complexity index is 297. The van der Waals surface area contributed by atoms with Crippen molar-refractivity contribution >= 4 is 17.5 Å². The third-order valence-corrected chi connectivity index (χ3v) is 2.58. The molecule has 0 amide bonds. The van der Waals surface area contributed by atoms with Gasteiger partial charge in [0.05, 0.1) is 5.75 Å². The minimum Gasteiger partial charge on any atom is -0.299 e. The summed E-state index contributed by atoms with van der Waals surface area (Å²) in [4.78, 5) is 19.4. The molecule has 1 aromatic rings. The maximum Gasteiger partial charge on any atom is 0.187 e. The number of hydrogen-bond donors (Lipinski definition) is 0. The topological polar surface area (TPSA) is 42.9 Å². The Balaban J connectivity index is 2.38. The van der Waals surface area contributed by atoms with E-state index in [4.69, 9.17) is 0 Å². The van der Waals surface area contributed by atoms with Gasteiger partial charge >= 0.3 is 0 Å². The molecule has 0 bridgehead atoms. The summed E-state index contributed by atoms with van der Waals surface area (Å²) in [7, 11) is 0. The average molecular weight is 210 g/mol. The maximum absolute atomic E-state index is 11.2. The first kappa shape index (κ1) is 11.2. The Morgan fingerprint density at radius 2 is 2.07 bits per heavy atom. The normalized spacial score (nSPS) is 10.1. The second kappa shape index (κ2) is 5.75. The van der Waals surface area contributed by atoms with Gasteiger partial charge in [0.15, 0.2) is 5.16 Å². The fourth-order valence-corrected chi connectivity index (χ4v) is 1.64. The lowest BCUT2D eigenvalue weighted by atomic mass is 10.3. The van der Waals surface area contributed by atoms with Crippen molar-refractivity contribution in [3.8, 4) is 0 Å². The summed E-state index contributed by atoms with van der Waals surface area (Å²) < 4.78 is 0. The number of Topliss-reactive ketones (excluding diaryl/α,β-unsaturated/α-hetero) is 1. The summed E-state index contributed by atoms with van der Waals surface area (Å²) in [6, 6.07) is 0. The van der Waals surface area contributed by atoms with Gasteiger partial charge in [0.25, 0.3) is 0 Å². The van der Waals surface area contributed by atoms with Crippen molar-refractivity contribution < 1.29 is 4.79 Å². The van der Waals surface area contributed by atoms with Crippen molar-refractivity contribution in [3.63, 3.8) is 0 Å². The van der Waals surface area contributed by atoms with E-state index in [0.717, 1.165) is 12.0 Å². The van der Waals surface area contributed by atoms with Gasteiger partial charge in [0, 0.05) is 18.8 Å². The molecule has 1 rings (SSSR count). The fourth-order valence-electron chi connectivity index (χ4n) is 0.951. The highest BCUT2D eigenvalue weighted by molar-refractivity contribution is 7.99. The van der Waals surface area contributed by atoms with Gasteiger partial charge in [-0.25, -0.2) is 9.97 Å². The number of hydrogen-bond acceptors (Lipinski definition) is 4. The number of nitrogens with zero attached hydrogens (tertiary/aromatic N) is 2. The van der Waals surface area contributed by atoms with Crippen molar-refractivity contribution in [3.05, 3.63) is 18.0 Å². The summed E-state index contributed by atoms with van der Waals surface area (Å²) in [6.07, 6.45) is 5.09. The van der Waals surface area contributed by atoms with Crippen LogP contribution in [0.1, 0.15) is 25.3 Å². The zero-order chi connectivity index (χ0) is 10.4. The molecule has 0 unspecified atom stereocenters. The molecule has 14 heavy (non-hydrogen) atoms. The number of rotatable bonds is 5. The van der Waals surface area contributed by atoms with Crippen LogP contribution in [-0.4, -0.2) is 21.5 Å². The Morgan fingerprint density at radius 1 is 1.43 bits per heavy atom. The fraction of sp³-hybridized carbons (Fsp3) is 0.500. The zero-order valence-electron chi connectivity index (χ0n) is 8.49. The summed E-state index contributed by atoms with van der Waals surface area (Å²) in [5, 5.41) is 0.681. The number of aryl methyl sites for hydroxylation is 1. The van der Waals surface area contributed by atoms with E-state index in [9.17, 15) is 4.79 Å². The van der Waals surface area contributed by atoms with Crippen LogP contribution in [0.3, 0.4) is 0 Å². The van der Waals surface area contributed by atoms with Crippen LogP contribution in [0.2, 0.25) is 0 Å². The first-order chi connectivity index (χ1) is 6.72. The Labute approximate surface area is 88.3 Å². The molecular weight excluding hydrogens is 196 g/mol. The maximum atomic E-state index is 11.2. The predicted molar refractivity (Wildman–Crippen MR) is 57.4 cm³/mol. The van der Waals surface area contributed by atoms with Gasteiger partial charge in [0.2, 0.25) is 0 Å². The molecule has 0 atom stereocenters. The molecule has 0 fully saturated rings. The molecule has 0 saturated carbocycles. The number of aromatic nitrogens is 2. The molecule has 0 radical (unpaired) electrons. The number of ketones is 1. The molecule has 0 saturated heterocycles. The highest BCUT2D eigenvalue weighted by Gasteiger charge is 2.03.